The van der Waals surface area contributed by atoms with E-state index >= 15 is 0 Å². The van der Waals surface area contributed by atoms with Crippen LogP contribution in [0.3, 0.4) is 0 Å². The third-order valence-electron chi connectivity index (χ3n) is 4.05. The lowest BCUT2D eigenvalue weighted by atomic mass is 10.1. The van der Waals surface area contributed by atoms with Crippen LogP contribution in [0.4, 0.5) is 5.69 Å². The van der Waals surface area contributed by atoms with Crippen molar-refractivity contribution in [3.05, 3.63) is 57.2 Å². The molecule has 12 heteroatoms. The number of furan rings is 1. The maximum atomic E-state index is 12.6. The summed E-state index contributed by atoms with van der Waals surface area (Å²) in [6, 6.07) is 7.33. The third-order valence-corrected chi connectivity index (χ3v) is 5.38. The molecular weight excluding hydrogens is 436 g/mol. The van der Waals surface area contributed by atoms with E-state index in [4.69, 9.17) is 21.7 Å². The van der Waals surface area contributed by atoms with Crippen molar-refractivity contribution < 1.29 is 33.9 Å². The Labute approximate surface area is 177 Å². The fourth-order valence-electron chi connectivity index (χ4n) is 2.75. The van der Waals surface area contributed by atoms with E-state index in [9.17, 15) is 29.6 Å². The molecule has 1 unspecified atom stereocenters. The molecule has 1 fully saturated rings. The first-order chi connectivity index (χ1) is 14.2. The van der Waals surface area contributed by atoms with E-state index < -0.39 is 35.2 Å². The number of thioether (sulfide) groups is 1. The van der Waals surface area contributed by atoms with E-state index in [2.05, 4.69) is 0 Å². The Morgan fingerprint density at radius 1 is 1.27 bits per heavy atom. The first-order valence-corrected chi connectivity index (χ1v) is 9.46. The van der Waals surface area contributed by atoms with Gasteiger partial charge >= 0.3 is 11.9 Å². The van der Waals surface area contributed by atoms with Crippen LogP contribution in [0.5, 0.6) is 0 Å². The second-order valence-corrected chi connectivity index (χ2v) is 7.66. The molecule has 3 rings (SSSR count). The van der Waals surface area contributed by atoms with Crippen LogP contribution in [0.2, 0.25) is 0 Å². The number of carboxylic acids is 2. The van der Waals surface area contributed by atoms with E-state index in [1.165, 1.54) is 36.4 Å². The van der Waals surface area contributed by atoms with Crippen LogP contribution in [-0.4, -0.2) is 48.2 Å². The summed E-state index contributed by atoms with van der Waals surface area (Å²) >= 11 is 5.86. The highest BCUT2D eigenvalue weighted by molar-refractivity contribution is 8.26. The van der Waals surface area contributed by atoms with Crippen LogP contribution in [0, 0.1) is 10.1 Å². The molecule has 0 saturated carbocycles. The van der Waals surface area contributed by atoms with Crippen molar-refractivity contribution in [1.82, 2.24) is 4.90 Å². The Morgan fingerprint density at radius 3 is 2.60 bits per heavy atom. The lowest BCUT2D eigenvalue weighted by molar-refractivity contribution is -0.384. The lowest BCUT2D eigenvalue weighted by Crippen LogP contribution is -2.45. The summed E-state index contributed by atoms with van der Waals surface area (Å²) in [7, 11) is 0. The predicted octanol–water partition coefficient (Wildman–Crippen LogP) is 2.98. The number of carbonyl (C=O) groups is 3. The zero-order valence-electron chi connectivity index (χ0n) is 14.9. The Bertz CT molecular complexity index is 1110. The number of hydrogen-bond acceptors (Lipinski definition) is 8. The van der Waals surface area contributed by atoms with Crippen molar-refractivity contribution in [3.63, 3.8) is 0 Å². The zero-order chi connectivity index (χ0) is 22.0. The number of aliphatic carboxylic acids is 2. The molecule has 10 nitrogen and oxygen atoms in total. The number of hydrogen-bond donors (Lipinski definition) is 2. The number of benzene rings is 1. The molecule has 1 atom stereocenters. The molecule has 0 bridgehead atoms. The number of nitro groups is 1. The van der Waals surface area contributed by atoms with Gasteiger partial charge in [0.15, 0.2) is 0 Å². The van der Waals surface area contributed by atoms with Crippen molar-refractivity contribution in [2.24, 2.45) is 0 Å². The maximum absolute atomic E-state index is 12.6. The zero-order valence-corrected chi connectivity index (χ0v) is 16.5. The molecule has 2 N–H and O–H groups in total. The number of rotatable bonds is 7. The topological polar surface area (TPSA) is 151 Å². The molecule has 1 amide bonds. The van der Waals surface area contributed by atoms with Gasteiger partial charge in [0.1, 0.15) is 21.9 Å². The molecule has 2 aromatic rings. The van der Waals surface area contributed by atoms with E-state index in [0.717, 1.165) is 16.7 Å². The first kappa shape index (κ1) is 21.2. The molecule has 30 heavy (non-hydrogen) atoms. The van der Waals surface area contributed by atoms with E-state index in [1.54, 1.807) is 6.07 Å². The van der Waals surface area contributed by atoms with Crippen molar-refractivity contribution in [2.75, 3.05) is 0 Å². The molecule has 2 heterocycles. The Balaban J connectivity index is 1.90. The smallest absolute Gasteiger partial charge is 0.327 e. The number of amides is 1. The average molecular weight is 448 g/mol. The fraction of sp³-hybridized carbons (Fsp3) is 0.111. The van der Waals surface area contributed by atoms with Gasteiger partial charge in [-0.1, -0.05) is 36.1 Å². The van der Waals surface area contributed by atoms with E-state index in [1.807, 2.05) is 0 Å². The van der Waals surface area contributed by atoms with Crippen LogP contribution in [0.1, 0.15) is 12.2 Å². The third kappa shape index (κ3) is 4.23. The summed E-state index contributed by atoms with van der Waals surface area (Å²) in [5, 5.41) is 29.4. The van der Waals surface area contributed by atoms with Gasteiger partial charge in [-0.15, -0.1) is 0 Å². The molecule has 1 aromatic carbocycles. The summed E-state index contributed by atoms with van der Waals surface area (Å²) in [6.45, 7) is 0. The second-order valence-electron chi connectivity index (χ2n) is 5.98. The second kappa shape index (κ2) is 8.47. The summed E-state index contributed by atoms with van der Waals surface area (Å²) < 4.78 is 5.50. The largest absolute Gasteiger partial charge is 0.481 e. The van der Waals surface area contributed by atoms with Crippen LogP contribution >= 0.6 is 24.0 Å². The van der Waals surface area contributed by atoms with Crippen molar-refractivity contribution in [2.45, 2.75) is 12.5 Å². The van der Waals surface area contributed by atoms with Crippen molar-refractivity contribution >= 4 is 57.9 Å². The summed E-state index contributed by atoms with van der Waals surface area (Å²) in [6.07, 6.45) is 0.509. The minimum absolute atomic E-state index is 0.0418. The quantitative estimate of drug-likeness (QED) is 0.280. The monoisotopic (exact) mass is 448 g/mol. The summed E-state index contributed by atoms with van der Waals surface area (Å²) in [5.41, 5.74) is 0.102. The number of thiocarbonyl (C=S) groups is 1. The highest BCUT2D eigenvalue weighted by Gasteiger charge is 2.41. The highest BCUT2D eigenvalue weighted by Crippen LogP contribution is 2.36. The first-order valence-electron chi connectivity index (χ1n) is 8.24. The number of carbonyl (C=O) groups excluding carboxylic acids is 1. The molecule has 0 spiro atoms. The minimum atomic E-state index is -1.64. The molecule has 0 radical (unpaired) electrons. The Morgan fingerprint density at radius 2 is 1.97 bits per heavy atom. The molecular formula is C18H12N2O8S2. The molecule has 1 aliphatic heterocycles. The van der Waals surface area contributed by atoms with Crippen LogP contribution in [0.25, 0.3) is 17.4 Å². The van der Waals surface area contributed by atoms with Gasteiger partial charge in [0.25, 0.3) is 11.6 Å². The van der Waals surface area contributed by atoms with Gasteiger partial charge in [0, 0.05) is 12.1 Å². The number of nitro benzene ring substituents is 1. The SMILES string of the molecule is O=C(O)CC(C(=O)O)N1C(=O)/C(=C\c2ccc(-c3ccccc3[N+](=O)[O-])o2)SC1=S. The van der Waals surface area contributed by atoms with Crippen molar-refractivity contribution in [1.29, 1.82) is 0 Å². The van der Waals surface area contributed by atoms with Crippen LogP contribution in [0.15, 0.2) is 45.7 Å². The van der Waals surface area contributed by atoms with Gasteiger partial charge in [-0.25, -0.2) is 4.79 Å². The van der Waals surface area contributed by atoms with E-state index in [0.29, 0.717) is 0 Å². The van der Waals surface area contributed by atoms with Crippen LogP contribution in [-0.2, 0) is 14.4 Å². The fourth-order valence-corrected chi connectivity index (χ4v) is 4.09. The van der Waals surface area contributed by atoms with E-state index in [-0.39, 0.29) is 32.0 Å². The predicted molar refractivity (Wildman–Crippen MR) is 109 cm³/mol. The number of para-hydroxylation sites is 1. The van der Waals surface area contributed by atoms with Gasteiger partial charge in [0.05, 0.1) is 21.8 Å². The molecule has 0 aliphatic carbocycles. The molecule has 1 saturated heterocycles. The maximum Gasteiger partial charge on any atom is 0.327 e. The van der Waals surface area contributed by atoms with Crippen molar-refractivity contribution in [3.8, 4) is 11.3 Å². The van der Waals surface area contributed by atoms with Gasteiger partial charge in [-0.05, 0) is 18.2 Å². The minimum Gasteiger partial charge on any atom is -0.481 e. The summed E-state index contributed by atoms with van der Waals surface area (Å²) in [4.78, 5) is 46.4. The number of carboxylic acid groups (broad SMARTS) is 2. The summed E-state index contributed by atoms with van der Waals surface area (Å²) in [5.74, 6) is -3.25. The highest BCUT2D eigenvalue weighted by atomic mass is 32.2. The van der Waals surface area contributed by atoms with Gasteiger partial charge in [-0.2, -0.15) is 0 Å². The Hall–Kier alpha value is -3.51. The molecule has 1 aromatic heterocycles. The van der Waals surface area contributed by atoms with Gasteiger partial charge in [-0.3, -0.25) is 24.6 Å². The molecule has 1 aliphatic rings. The van der Waals surface area contributed by atoms with Gasteiger partial charge in [0.2, 0.25) is 0 Å². The molecule has 154 valence electrons. The lowest BCUT2D eigenvalue weighted by Gasteiger charge is -2.21. The number of nitrogens with zero attached hydrogens (tertiary/aromatic N) is 2. The standard InChI is InChI=1S/C18H12N2O8S2/c21-15(22)8-12(17(24)25)19-16(23)14(30-18(19)29)7-9-5-6-13(28-9)10-3-1-2-4-11(10)20(26)27/h1-7,12H,8H2,(H,21,22)(H,24,25)/b14-7+. The normalized spacial score (nSPS) is 16.1. The van der Waals surface area contributed by atoms with Crippen LogP contribution < -0.4 is 0 Å². The van der Waals surface area contributed by atoms with Gasteiger partial charge < -0.3 is 14.6 Å². The Kier molecular flexibility index (Phi) is 5.99. The average Bonchev–Trinajstić information content (AvgIpc) is 3.24.